The maximum Gasteiger partial charge on any atom is 0.0472 e. The highest BCUT2D eigenvalue weighted by Crippen LogP contribution is 2.36. The number of aromatic nitrogens is 1. The van der Waals surface area contributed by atoms with Gasteiger partial charge in [-0.3, -0.25) is 4.90 Å². The van der Waals surface area contributed by atoms with Gasteiger partial charge in [0.25, 0.3) is 0 Å². The number of nitrogens with zero attached hydrogens (tertiary/aromatic N) is 1. The smallest absolute Gasteiger partial charge is 0.0472 e. The molecule has 4 heteroatoms. The van der Waals surface area contributed by atoms with Crippen LogP contribution in [0.25, 0.3) is 10.9 Å². The lowest BCUT2D eigenvalue weighted by molar-refractivity contribution is 0.259. The number of fused-ring (bicyclic) bond motifs is 2. The summed E-state index contributed by atoms with van der Waals surface area (Å²) in [6, 6.07) is 6.51. The molecule has 3 nitrogen and oxygen atoms in total. The molecule has 2 aliphatic rings. The third-order valence-corrected chi connectivity index (χ3v) is 5.59. The number of benzene rings is 1. The van der Waals surface area contributed by atoms with Crippen molar-refractivity contribution in [3.05, 3.63) is 35.0 Å². The number of nitrogens with one attached hydrogen (secondary N) is 1. The second-order valence-electron chi connectivity index (χ2n) is 6.72. The summed E-state index contributed by atoms with van der Waals surface area (Å²) in [4.78, 5) is 5.92. The van der Waals surface area contributed by atoms with Gasteiger partial charge >= 0.3 is 0 Å². The molecule has 2 fully saturated rings. The summed E-state index contributed by atoms with van der Waals surface area (Å²) in [6.07, 6.45) is 6.00. The Kier molecular flexibility index (Phi) is 3.44. The molecule has 2 heterocycles. The fraction of sp³-hybridized carbons (Fsp3) is 0.529. The number of likely N-dealkylation sites (tertiary alicyclic amines) is 1. The maximum atomic E-state index is 6.32. The minimum Gasteiger partial charge on any atom is -0.361 e. The standard InChI is InChI=1S/C17H22ClN3/c18-13-4-5-14-12(7-20-17(14)6-13)9-21-8-11-2-1-3-16(19)15(11)10-21/h4-7,11,15-16,20H,1-3,8-10,19H2. The van der Waals surface area contributed by atoms with Gasteiger partial charge in [0.1, 0.15) is 0 Å². The number of halogens is 1. The first-order valence-corrected chi connectivity index (χ1v) is 8.32. The molecule has 0 spiro atoms. The largest absolute Gasteiger partial charge is 0.361 e. The molecule has 1 aliphatic heterocycles. The fourth-order valence-electron chi connectivity index (χ4n) is 4.27. The molecule has 1 aromatic heterocycles. The van der Waals surface area contributed by atoms with Crippen molar-refractivity contribution in [2.75, 3.05) is 13.1 Å². The van der Waals surface area contributed by atoms with Gasteiger partial charge in [0.05, 0.1) is 0 Å². The monoisotopic (exact) mass is 303 g/mol. The molecular formula is C17H22ClN3. The highest BCUT2D eigenvalue weighted by molar-refractivity contribution is 6.31. The van der Waals surface area contributed by atoms with E-state index in [1.54, 1.807) is 0 Å². The first kappa shape index (κ1) is 13.6. The summed E-state index contributed by atoms with van der Waals surface area (Å²) >= 11 is 6.05. The van der Waals surface area contributed by atoms with Gasteiger partial charge in [0, 0.05) is 47.8 Å². The summed E-state index contributed by atoms with van der Waals surface area (Å²) in [7, 11) is 0. The van der Waals surface area contributed by atoms with Gasteiger partial charge in [-0.2, -0.15) is 0 Å². The minimum atomic E-state index is 0.413. The van der Waals surface area contributed by atoms with Crippen LogP contribution in [-0.4, -0.2) is 29.0 Å². The van der Waals surface area contributed by atoms with E-state index < -0.39 is 0 Å². The molecule has 3 unspecified atom stereocenters. The van der Waals surface area contributed by atoms with Crippen LogP contribution in [0.4, 0.5) is 0 Å². The third-order valence-electron chi connectivity index (χ3n) is 5.35. The summed E-state index contributed by atoms with van der Waals surface area (Å²) in [5, 5.41) is 2.08. The lowest BCUT2D eigenvalue weighted by Crippen LogP contribution is -2.38. The van der Waals surface area contributed by atoms with E-state index in [0.29, 0.717) is 12.0 Å². The molecule has 2 aromatic rings. The van der Waals surface area contributed by atoms with Crippen molar-refractivity contribution in [1.82, 2.24) is 9.88 Å². The predicted molar refractivity (Wildman–Crippen MR) is 87.4 cm³/mol. The van der Waals surface area contributed by atoms with Crippen LogP contribution >= 0.6 is 11.6 Å². The van der Waals surface area contributed by atoms with Crippen molar-refractivity contribution in [1.29, 1.82) is 0 Å². The van der Waals surface area contributed by atoms with Crippen LogP contribution in [0.1, 0.15) is 24.8 Å². The van der Waals surface area contributed by atoms with E-state index >= 15 is 0 Å². The molecule has 1 saturated heterocycles. The van der Waals surface area contributed by atoms with Crippen LogP contribution in [0, 0.1) is 11.8 Å². The van der Waals surface area contributed by atoms with Gasteiger partial charge in [0.2, 0.25) is 0 Å². The lowest BCUT2D eigenvalue weighted by Gasteiger charge is -2.29. The van der Waals surface area contributed by atoms with Gasteiger partial charge in [-0.25, -0.2) is 0 Å². The van der Waals surface area contributed by atoms with Crippen LogP contribution in [0.15, 0.2) is 24.4 Å². The Morgan fingerprint density at radius 3 is 3.05 bits per heavy atom. The Labute approximate surface area is 130 Å². The molecular weight excluding hydrogens is 282 g/mol. The summed E-state index contributed by atoms with van der Waals surface area (Å²) in [5.74, 6) is 1.52. The Bertz CT molecular complexity index is 651. The zero-order valence-corrected chi connectivity index (χ0v) is 12.9. The second kappa shape index (κ2) is 5.31. The van der Waals surface area contributed by atoms with Crippen LogP contribution in [-0.2, 0) is 6.54 Å². The number of aromatic amines is 1. The van der Waals surface area contributed by atoms with Crippen LogP contribution in [0.2, 0.25) is 5.02 Å². The highest BCUT2D eigenvalue weighted by Gasteiger charge is 2.38. The maximum absolute atomic E-state index is 6.32. The number of rotatable bonds is 2. The second-order valence-corrected chi connectivity index (χ2v) is 7.15. The quantitative estimate of drug-likeness (QED) is 0.893. The van der Waals surface area contributed by atoms with Crippen LogP contribution < -0.4 is 5.73 Å². The van der Waals surface area contributed by atoms with Crippen molar-refractivity contribution < 1.29 is 0 Å². The van der Waals surface area contributed by atoms with E-state index in [1.165, 1.54) is 36.8 Å². The Hall–Kier alpha value is -1.03. The lowest BCUT2D eigenvalue weighted by atomic mass is 9.78. The molecule has 21 heavy (non-hydrogen) atoms. The van der Waals surface area contributed by atoms with Gasteiger partial charge in [-0.1, -0.05) is 24.1 Å². The topological polar surface area (TPSA) is 45.0 Å². The van der Waals surface area contributed by atoms with E-state index in [1.807, 2.05) is 12.1 Å². The van der Waals surface area contributed by atoms with Gasteiger partial charge in [-0.15, -0.1) is 0 Å². The van der Waals surface area contributed by atoms with Crippen molar-refractivity contribution in [2.45, 2.75) is 31.8 Å². The van der Waals surface area contributed by atoms with Crippen molar-refractivity contribution in [2.24, 2.45) is 17.6 Å². The van der Waals surface area contributed by atoms with E-state index in [2.05, 4.69) is 22.1 Å². The SMILES string of the molecule is NC1CCCC2CN(Cc3c[nH]c4cc(Cl)ccc34)CC12. The van der Waals surface area contributed by atoms with E-state index in [0.717, 1.165) is 29.5 Å². The molecule has 3 atom stereocenters. The average Bonchev–Trinajstić information content (AvgIpc) is 3.04. The number of H-pyrrole nitrogens is 1. The summed E-state index contributed by atoms with van der Waals surface area (Å²) < 4.78 is 0. The first-order valence-electron chi connectivity index (χ1n) is 7.94. The highest BCUT2D eigenvalue weighted by atomic mass is 35.5. The molecule has 1 aliphatic carbocycles. The third kappa shape index (κ3) is 2.48. The van der Waals surface area contributed by atoms with Crippen molar-refractivity contribution in [3.8, 4) is 0 Å². The number of hydrogen-bond acceptors (Lipinski definition) is 2. The first-order chi connectivity index (χ1) is 10.2. The van der Waals surface area contributed by atoms with E-state index in [-0.39, 0.29) is 0 Å². The molecule has 0 bridgehead atoms. The summed E-state index contributed by atoms with van der Waals surface area (Å²) in [5.41, 5.74) is 8.81. The van der Waals surface area contributed by atoms with E-state index in [4.69, 9.17) is 17.3 Å². The Morgan fingerprint density at radius 1 is 1.29 bits per heavy atom. The zero-order chi connectivity index (χ0) is 14.4. The van der Waals surface area contributed by atoms with Gasteiger partial charge in [0.15, 0.2) is 0 Å². The minimum absolute atomic E-state index is 0.413. The molecule has 112 valence electrons. The molecule has 4 rings (SSSR count). The van der Waals surface area contributed by atoms with Crippen molar-refractivity contribution >= 4 is 22.5 Å². The normalized spacial score (nSPS) is 29.9. The zero-order valence-electron chi connectivity index (χ0n) is 12.2. The molecule has 1 aromatic carbocycles. The Balaban J connectivity index is 1.53. The van der Waals surface area contributed by atoms with Crippen LogP contribution in [0.3, 0.4) is 0 Å². The summed E-state index contributed by atoms with van der Waals surface area (Å²) in [6.45, 7) is 3.38. The molecule has 3 N–H and O–H groups in total. The molecule has 0 radical (unpaired) electrons. The van der Waals surface area contributed by atoms with Gasteiger partial charge in [-0.05, 0) is 42.4 Å². The van der Waals surface area contributed by atoms with Crippen LogP contribution in [0.5, 0.6) is 0 Å². The molecule has 1 saturated carbocycles. The number of nitrogens with two attached hydrogens (primary N) is 1. The number of hydrogen-bond donors (Lipinski definition) is 2. The predicted octanol–water partition coefficient (Wildman–Crippen LogP) is 3.38. The molecule has 0 amide bonds. The van der Waals surface area contributed by atoms with E-state index in [9.17, 15) is 0 Å². The van der Waals surface area contributed by atoms with Crippen molar-refractivity contribution in [3.63, 3.8) is 0 Å². The fourth-order valence-corrected chi connectivity index (χ4v) is 4.44. The average molecular weight is 304 g/mol. The Morgan fingerprint density at radius 2 is 2.19 bits per heavy atom. The van der Waals surface area contributed by atoms with Gasteiger partial charge < -0.3 is 10.7 Å².